The van der Waals surface area contributed by atoms with E-state index in [2.05, 4.69) is 0 Å². The number of hydrogen-bond donors (Lipinski definition) is 3. The van der Waals surface area contributed by atoms with Crippen LogP contribution in [0.5, 0.6) is 0 Å². The van der Waals surface area contributed by atoms with Crippen LogP contribution in [0.3, 0.4) is 0 Å². The van der Waals surface area contributed by atoms with Crippen LogP contribution in [0.25, 0.3) is 0 Å². The van der Waals surface area contributed by atoms with E-state index in [0.717, 1.165) is 0 Å². The van der Waals surface area contributed by atoms with Gasteiger partial charge in [0.05, 0.1) is 0 Å². The largest absolute Gasteiger partial charge is 0.412 e. The van der Waals surface area contributed by atoms with Gasteiger partial charge in [0.1, 0.15) is 0 Å². The maximum Gasteiger partial charge on any atom is 0.291 e. The molecular formula is H15DyN3O15. The van der Waals surface area contributed by atoms with Crippen LogP contribution in [-0.4, -0.2) is 63.7 Å². The summed E-state index contributed by atoms with van der Waals surface area (Å²) in [4.78, 5) is 25.1. The molecular weight excluding hydrogens is 445 g/mol. The van der Waals surface area contributed by atoms with Gasteiger partial charge in [-0.05, 0) is 0 Å². The average Bonchev–Trinajstić information content (AvgIpc) is 1.54. The van der Waals surface area contributed by atoms with Crippen LogP contribution in [0.15, 0.2) is 0 Å². The molecule has 0 aliphatic heterocycles. The van der Waals surface area contributed by atoms with Crippen molar-refractivity contribution in [1.82, 2.24) is 0 Å². The van der Waals surface area contributed by atoms with E-state index in [1.807, 2.05) is 0 Å². The zero-order chi connectivity index (χ0) is 10.7. The summed E-state index contributed by atoms with van der Waals surface area (Å²) in [6.45, 7) is 0. The van der Waals surface area contributed by atoms with Gasteiger partial charge in [-0.25, -0.2) is 0 Å². The standard InChI is InChI=1S/Dy.3HNO3.6H2O/c;3*2-1(3)4;;;;;;/h;3*(H,2,3,4);6*1H2. The fourth-order valence-corrected chi connectivity index (χ4v) is 0. The molecule has 19 heteroatoms. The summed E-state index contributed by atoms with van der Waals surface area (Å²) in [6, 6.07) is 0. The Labute approximate surface area is 132 Å². The third-order valence-electron chi connectivity index (χ3n) is 0. The minimum atomic E-state index is -1.50. The minimum absolute atomic E-state index is 0. The Kier molecular flexibility index (Phi) is 307. The maximum absolute atomic E-state index is 8.36. The molecule has 0 spiro atoms. The van der Waals surface area contributed by atoms with Crippen molar-refractivity contribution in [2.45, 2.75) is 0 Å². The van der Waals surface area contributed by atoms with Gasteiger partial charge in [-0.2, -0.15) is 0 Å². The van der Waals surface area contributed by atoms with E-state index in [4.69, 9.17) is 46.0 Å². The van der Waals surface area contributed by atoms with Crippen molar-refractivity contribution in [2.24, 2.45) is 0 Å². The molecule has 0 bridgehead atoms. The van der Waals surface area contributed by atoms with Gasteiger partial charge in [0, 0.05) is 38.2 Å². The molecule has 15 N–H and O–H groups in total. The molecule has 0 saturated carbocycles. The predicted molar refractivity (Wildman–Crippen MR) is 48.0 cm³/mol. The number of hydrogen-bond acceptors (Lipinski definition) is 6. The summed E-state index contributed by atoms with van der Waals surface area (Å²) in [5.41, 5.74) is 0. The molecule has 0 atom stereocenters. The van der Waals surface area contributed by atoms with E-state index in [-0.39, 0.29) is 71.0 Å². The van der Waals surface area contributed by atoms with Crippen LogP contribution in [-0.2, 0) is 0 Å². The summed E-state index contributed by atoms with van der Waals surface area (Å²) < 4.78 is 0. The molecule has 0 heterocycles. The van der Waals surface area contributed by atoms with Crippen LogP contribution in [0.4, 0.5) is 0 Å². The zero-order valence-electron chi connectivity index (χ0n) is 8.45. The molecule has 19 heavy (non-hydrogen) atoms. The molecule has 130 valence electrons. The molecule has 0 fully saturated rings. The second-order valence-electron chi connectivity index (χ2n) is 0.714. The maximum atomic E-state index is 8.36. The van der Waals surface area contributed by atoms with Gasteiger partial charge in [-0.1, -0.05) is 0 Å². The Morgan fingerprint density at radius 1 is 0.526 bits per heavy atom. The molecule has 0 aromatic heterocycles. The minimum Gasteiger partial charge on any atom is -0.412 e. The molecule has 0 rings (SSSR count). The Balaban J connectivity index is -0.00000000675. The molecule has 0 aliphatic carbocycles. The number of nitrogens with zero attached hydrogens (tertiary/aromatic N) is 3. The summed E-state index contributed by atoms with van der Waals surface area (Å²) in [5.74, 6) is 0. The summed E-state index contributed by atoms with van der Waals surface area (Å²) in [5, 5.41) is 40.9. The third kappa shape index (κ3) is 1910. The van der Waals surface area contributed by atoms with Gasteiger partial charge in [0.25, 0.3) is 15.3 Å². The quantitative estimate of drug-likeness (QED) is 0.228. The van der Waals surface area contributed by atoms with Crippen molar-refractivity contribution in [3.8, 4) is 0 Å². The Morgan fingerprint density at radius 3 is 0.526 bits per heavy atom. The number of rotatable bonds is 0. The van der Waals surface area contributed by atoms with Gasteiger partial charge in [-0.3, -0.25) is 0 Å². The second-order valence-corrected chi connectivity index (χ2v) is 0.714. The Bertz CT molecular complexity index is 115. The summed E-state index contributed by atoms with van der Waals surface area (Å²) in [6.07, 6.45) is 0. The SMILES string of the molecule is O.O.O.O.O.O.O=[N+]([O-])O.O=[N+]([O-])O.O=[N+]([O-])O.[Dy]. The van der Waals surface area contributed by atoms with Crippen molar-refractivity contribution < 1.29 is 102 Å². The van der Waals surface area contributed by atoms with E-state index < -0.39 is 15.3 Å². The van der Waals surface area contributed by atoms with Crippen molar-refractivity contribution in [3.63, 3.8) is 0 Å². The average molecular weight is 460 g/mol. The molecule has 0 aromatic carbocycles. The normalized spacial score (nSPS) is 3.79. The van der Waals surface area contributed by atoms with Gasteiger partial charge in [0.2, 0.25) is 0 Å². The molecule has 0 radical (unpaired) electrons. The summed E-state index contributed by atoms with van der Waals surface area (Å²) in [7, 11) is 0. The molecule has 18 nitrogen and oxygen atoms in total. The van der Waals surface area contributed by atoms with Gasteiger partial charge < -0.3 is 48.5 Å². The first kappa shape index (κ1) is 83.7. The van der Waals surface area contributed by atoms with Crippen LogP contribution in [0.2, 0.25) is 0 Å². The van der Waals surface area contributed by atoms with Gasteiger partial charge in [0.15, 0.2) is 0 Å². The van der Waals surface area contributed by atoms with Crippen LogP contribution < -0.4 is 0 Å². The Morgan fingerprint density at radius 2 is 0.526 bits per heavy atom. The van der Waals surface area contributed by atoms with E-state index in [1.54, 1.807) is 0 Å². The van der Waals surface area contributed by atoms with Crippen molar-refractivity contribution in [3.05, 3.63) is 30.3 Å². The molecule has 0 aliphatic rings. The first-order valence-corrected chi connectivity index (χ1v) is 1.70. The zero-order valence-corrected chi connectivity index (χ0v) is 10.5. The predicted octanol–water partition coefficient (Wildman–Crippen LogP) is -5.99. The van der Waals surface area contributed by atoms with Crippen molar-refractivity contribution in [1.29, 1.82) is 0 Å². The van der Waals surface area contributed by atoms with E-state index in [0.29, 0.717) is 0 Å². The molecule has 0 aromatic rings. The van der Waals surface area contributed by atoms with E-state index in [1.165, 1.54) is 0 Å². The van der Waals surface area contributed by atoms with E-state index >= 15 is 0 Å². The van der Waals surface area contributed by atoms with Crippen molar-refractivity contribution >= 4 is 0 Å². The smallest absolute Gasteiger partial charge is 0.291 e. The van der Waals surface area contributed by atoms with Crippen molar-refractivity contribution in [2.75, 3.05) is 0 Å². The monoisotopic (exact) mass is 461 g/mol. The summed E-state index contributed by atoms with van der Waals surface area (Å²) >= 11 is 0. The van der Waals surface area contributed by atoms with Gasteiger partial charge >= 0.3 is 0 Å². The topological polar surface area (TPSA) is 379 Å². The molecule has 0 unspecified atom stereocenters. The van der Waals surface area contributed by atoms with Crippen LogP contribution >= 0.6 is 0 Å². The Hall–Kier alpha value is -1.37. The van der Waals surface area contributed by atoms with Crippen LogP contribution in [0.1, 0.15) is 0 Å². The second kappa shape index (κ2) is 69.8. The van der Waals surface area contributed by atoms with Crippen LogP contribution in [0, 0.1) is 68.5 Å². The molecule has 0 amide bonds. The fraction of sp³-hybridized carbons (Fsp3) is 0. The van der Waals surface area contributed by atoms with Gasteiger partial charge in [-0.15, -0.1) is 30.3 Å². The molecule has 0 saturated heterocycles. The third-order valence-corrected chi connectivity index (χ3v) is 0. The van der Waals surface area contributed by atoms with E-state index in [9.17, 15) is 0 Å². The first-order valence-electron chi connectivity index (χ1n) is 1.70. The first-order chi connectivity index (χ1) is 5.20. The fourth-order valence-electron chi connectivity index (χ4n) is 0.